The first-order valence-electron chi connectivity index (χ1n) is 2.87. The smallest absolute Gasteiger partial charge is 0.143 e. The van der Waals surface area contributed by atoms with Crippen LogP contribution in [0.2, 0.25) is 0 Å². The molecular weight excluding hydrogens is 140 g/mol. The normalized spacial score (nSPS) is 7.45. The number of carbonyl (C=O) groups excluding carboxylic acids is 1. The van der Waals surface area contributed by atoms with Gasteiger partial charge < -0.3 is 10.7 Å². The standard InChI is InChI=1S/C6H12N2O.2CH4/c1-5(7)3-8-4-6(2)9;;/h7-8H,3-4H2,1-2H3;2*1H4. The third kappa shape index (κ3) is 17.6. The summed E-state index contributed by atoms with van der Waals surface area (Å²) in [5.74, 6) is 0.108. The van der Waals surface area contributed by atoms with Crippen LogP contribution in [0.25, 0.3) is 0 Å². The topological polar surface area (TPSA) is 53.0 Å². The van der Waals surface area contributed by atoms with Crippen LogP contribution in [0.1, 0.15) is 28.7 Å². The first-order valence-corrected chi connectivity index (χ1v) is 2.87. The molecule has 3 heteroatoms. The van der Waals surface area contributed by atoms with E-state index in [2.05, 4.69) is 5.32 Å². The van der Waals surface area contributed by atoms with Crippen molar-refractivity contribution in [2.45, 2.75) is 28.7 Å². The molecular formula is C8H20N2O. The zero-order valence-electron chi connectivity index (χ0n) is 5.82. The molecule has 0 fully saturated rings. The van der Waals surface area contributed by atoms with Crippen molar-refractivity contribution in [3.8, 4) is 0 Å². The summed E-state index contributed by atoms with van der Waals surface area (Å²) in [6.07, 6.45) is 0. The first kappa shape index (κ1) is 16.7. The molecule has 0 heterocycles. The summed E-state index contributed by atoms with van der Waals surface area (Å²) < 4.78 is 0. The molecule has 0 amide bonds. The van der Waals surface area contributed by atoms with Gasteiger partial charge in [0, 0.05) is 12.3 Å². The largest absolute Gasteiger partial charge is 0.309 e. The van der Waals surface area contributed by atoms with E-state index in [9.17, 15) is 4.79 Å². The van der Waals surface area contributed by atoms with E-state index in [-0.39, 0.29) is 20.6 Å². The summed E-state index contributed by atoms with van der Waals surface area (Å²) >= 11 is 0. The number of hydrogen-bond acceptors (Lipinski definition) is 3. The van der Waals surface area contributed by atoms with E-state index in [4.69, 9.17) is 5.41 Å². The van der Waals surface area contributed by atoms with Gasteiger partial charge in [0.15, 0.2) is 0 Å². The lowest BCUT2D eigenvalue weighted by atomic mass is 10.4. The fraction of sp³-hybridized carbons (Fsp3) is 0.750. The molecule has 0 aliphatic rings. The zero-order valence-corrected chi connectivity index (χ0v) is 5.82. The minimum atomic E-state index is 0. The van der Waals surface area contributed by atoms with Crippen LogP contribution in [0.4, 0.5) is 0 Å². The molecule has 0 rings (SSSR count). The van der Waals surface area contributed by atoms with Crippen LogP contribution >= 0.6 is 0 Å². The highest BCUT2D eigenvalue weighted by Crippen LogP contribution is 1.67. The van der Waals surface area contributed by atoms with Crippen LogP contribution in [0, 0.1) is 5.41 Å². The summed E-state index contributed by atoms with van der Waals surface area (Å²) in [6.45, 7) is 4.11. The number of Topliss-reactive ketones (excluding diaryl/α,β-unsaturated/α-hetero) is 1. The van der Waals surface area contributed by atoms with Gasteiger partial charge in [0.25, 0.3) is 0 Å². The maximum absolute atomic E-state index is 10.3. The Bertz CT molecular complexity index is 107. The molecule has 0 aromatic heterocycles. The number of carbonyl (C=O) groups is 1. The van der Waals surface area contributed by atoms with Crippen LogP contribution in [-0.4, -0.2) is 24.6 Å². The highest BCUT2D eigenvalue weighted by atomic mass is 16.1. The minimum absolute atomic E-state index is 0. The van der Waals surface area contributed by atoms with Gasteiger partial charge in [-0.15, -0.1) is 0 Å². The molecule has 0 aromatic carbocycles. The van der Waals surface area contributed by atoms with Crippen LogP contribution in [0.5, 0.6) is 0 Å². The molecule has 0 aliphatic heterocycles. The highest BCUT2D eigenvalue weighted by Gasteiger charge is 1.90. The van der Waals surface area contributed by atoms with E-state index in [0.29, 0.717) is 18.8 Å². The zero-order chi connectivity index (χ0) is 7.28. The lowest BCUT2D eigenvalue weighted by molar-refractivity contribution is -0.116. The first-order chi connectivity index (χ1) is 4.13. The fourth-order valence-electron chi connectivity index (χ4n) is 0.426. The summed E-state index contributed by atoms with van der Waals surface area (Å²) in [5.41, 5.74) is 0.552. The average Bonchev–Trinajstić information content (AvgIpc) is 1.63. The van der Waals surface area contributed by atoms with E-state index >= 15 is 0 Å². The Morgan fingerprint density at radius 2 is 1.73 bits per heavy atom. The van der Waals surface area contributed by atoms with Gasteiger partial charge in [0.05, 0.1) is 6.54 Å². The van der Waals surface area contributed by atoms with Crippen molar-refractivity contribution >= 4 is 11.5 Å². The van der Waals surface area contributed by atoms with E-state index < -0.39 is 0 Å². The van der Waals surface area contributed by atoms with Crippen LogP contribution < -0.4 is 5.32 Å². The minimum Gasteiger partial charge on any atom is -0.309 e. The quantitative estimate of drug-likeness (QED) is 0.612. The van der Waals surface area contributed by atoms with Gasteiger partial charge in [-0.2, -0.15) is 0 Å². The van der Waals surface area contributed by atoms with Crippen molar-refractivity contribution in [1.82, 2.24) is 5.32 Å². The van der Waals surface area contributed by atoms with E-state index in [1.807, 2.05) is 0 Å². The molecule has 68 valence electrons. The van der Waals surface area contributed by atoms with E-state index in [1.54, 1.807) is 6.92 Å². The molecule has 0 bridgehead atoms. The Morgan fingerprint density at radius 3 is 2.00 bits per heavy atom. The molecule has 2 N–H and O–H groups in total. The lowest BCUT2D eigenvalue weighted by Crippen LogP contribution is -2.25. The highest BCUT2D eigenvalue weighted by molar-refractivity contribution is 5.82. The van der Waals surface area contributed by atoms with Crippen molar-refractivity contribution in [2.24, 2.45) is 0 Å². The number of ketones is 1. The third-order valence-corrected chi connectivity index (χ3v) is 0.764. The van der Waals surface area contributed by atoms with E-state index in [1.165, 1.54) is 6.92 Å². The monoisotopic (exact) mass is 160 g/mol. The SMILES string of the molecule is C.C.CC(=N)CNCC(C)=O. The van der Waals surface area contributed by atoms with Gasteiger partial charge in [-0.3, -0.25) is 4.79 Å². The average molecular weight is 160 g/mol. The molecule has 0 saturated heterocycles. The van der Waals surface area contributed by atoms with Crippen molar-refractivity contribution in [3.63, 3.8) is 0 Å². The fourth-order valence-corrected chi connectivity index (χ4v) is 0.426. The van der Waals surface area contributed by atoms with Crippen molar-refractivity contribution in [1.29, 1.82) is 5.41 Å². The molecule has 0 radical (unpaired) electrons. The maximum Gasteiger partial charge on any atom is 0.143 e. The Labute approximate surface area is 69.7 Å². The summed E-state index contributed by atoms with van der Waals surface area (Å²) in [7, 11) is 0. The summed E-state index contributed by atoms with van der Waals surface area (Å²) in [6, 6.07) is 0. The van der Waals surface area contributed by atoms with Gasteiger partial charge in [-0.05, 0) is 13.8 Å². The number of nitrogens with one attached hydrogen (secondary N) is 2. The molecule has 3 nitrogen and oxygen atoms in total. The Balaban J connectivity index is -0.000000320. The second-order valence-corrected chi connectivity index (χ2v) is 2.09. The molecule has 0 saturated carbocycles. The summed E-state index contributed by atoms with van der Waals surface area (Å²) in [5, 5.41) is 9.77. The Hall–Kier alpha value is -0.700. The van der Waals surface area contributed by atoms with Gasteiger partial charge in [-0.1, -0.05) is 14.9 Å². The van der Waals surface area contributed by atoms with Crippen LogP contribution in [0.15, 0.2) is 0 Å². The van der Waals surface area contributed by atoms with Gasteiger partial charge in [0.1, 0.15) is 5.78 Å². The Morgan fingerprint density at radius 1 is 1.27 bits per heavy atom. The molecule has 0 aliphatic carbocycles. The Kier molecular flexibility index (Phi) is 14.1. The molecule has 11 heavy (non-hydrogen) atoms. The predicted octanol–water partition coefficient (Wildman–Crippen LogP) is 1.48. The molecule has 0 aromatic rings. The summed E-state index contributed by atoms with van der Waals surface area (Å²) in [4.78, 5) is 10.3. The second-order valence-electron chi connectivity index (χ2n) is 2.09. The van der Waals surface area contributed by atoms with Crippen molar-refractivity contribution in [3.05, 3.63) is 0 Å². The van der Waals surface area contributed by atoms with Gasteiger partial charge in [0.2, 0.25) is 0 Å². The van der Waals surface area contributed by atoms with Crippen LogP contribution in [0.3, 0.4) is 0 Å². The number of hydrogen-bond donors (Lipinski definition) is 2. The third-order valence-electron chi connectivity index (χ3n) is 0.764. The maximum atomic E-state index is 10.3. The van der Waals surface area contributed by atoms with Crippen molar-refractivity contribution in [2.75, 3.05) is 13.1 Å². The van der Waals surface area contributed by atoms with Gasteiger partial charge >= 0.3 is 0 Å². The molecule has 0 atom stereocenters. The molecule has 0 unspecified atom stereocenters. The lowest BCUT2D eigenvalue weighted by Gasteiger charge is -1.97. The number of rotatable bonds is 4. The van der Waals surface area contributed by atoms with Crippen molar-refractivity contribution < 1.29 is 4.79 Å². The van der Waals surface area contributed by atoms with Crippen LogP contribution in [-0.2, 0) is 4.79 Å². The second kappa shape index (κ2) is 9.30. The van der Waals surface area contributed by atoms with Gasteiger partial charge in [-0.25, -0.2) is 0 Å². The molecule has 0 spiro atoms. The predicted molar refractivity (Wildman–Crippen MR) is 50.4 cm³/mol. The van der Waals surface area contributed by atoms with E-state index in [0.717, 1.165) is 0 Å².